The van der Waals surface area contributed by atoms with Crippen LogP contribution in [0.2, 0.25) is 0 Å². The van der Waals surface area contributed by atoms with E-state index in [-0.39, 0.29) is 23.7 Å². The van der Waals surface area contributed by atoms with Gasteiger partial charge in [-0.05, 0) is 31.6 Å². The normalized spacial score (nSPS) is 44.1. The van der Waals surface area contributed by atoms with Gasteiger partial charge in [-0.25, -0.2) is 4.79 Å². The van der Waals surface area contributed by atoms with E-state index in [1.165, 1.54) is 6.92 Å². The average Bonchev–Trinajstić information content (AvgIpc) is 2.84. The van der Waals surface area contributed by atoms with Gasteiger partial charge in [-0.2, -0.15) is 0 Å². The minimum Gasteiger partial charge on any atom is -0.461 e. The molecule has 3 rings (SSSR count). The average molecular weight is 306 g/mol. The Labute approximate surface area is 130 Å². The van der Waals surface area contributed by atoms with Crippen molar-refractivity contribution >= 4 is 17.7 Å². The monoisotopic (exact) mass is 306 g/mol. The maximum absolute atomic E-state index is 12.7. The van der Waals surface area contributed by atoms with Crippen LogP contribution in [0, 0.1) is 23.2 Å². The van der Waals surface area contributed by atoms with Gasteiger partial charge in [-0.3, -0.25) is 9.59 Å². The molecule has 1 aliphatic heterocycles. The Morgan fingerprint density at radius 1 is 1.41 bits per heavy atom. The molecule has 0 aromatic carbocycles. The van der Waals surface area contributed by atoms with Gasteiger partial charge in [0.2, 0.25) is 0 Å². The zero-order valence-electron chi connectivity index (χ0n) is 13.3. The number of hydrogen-bond acceptors (Lipinski definition) is 5. The molecule has 3 fully saturated rings. The zero-order chi connectivity index (χ0) is 16.2. The molecule has 0 unspecified atom stereocenters. The summed E-state index contributed by atoms with van der Waals surface area (Å²) in [6.45, 7) is 9.14. The Morgan fingerprint density at radius 2 is 2.09 bits per heavy atom. The molecule has 0 amide bonds. The lowest BCUT2D eigenvalue weighted by atomic mass is 9.68. The van der Waals surface area contributed by atoms with Crippen LogP contribution in [-0.4, -0.2) is 29.9 Å². The number of rotatable bonds is 1. The van der Waals surface area contributed by atoms with Crippen LogP contribution in [0.3, 0.4) is 0 Å². The lowest BCUT2D eigenvalue weighted by Gasteiger charge is -2.39. The molecule has 2 aliphatic carbocycles. The summed E-state index contributed by atoms with van der Waals surface area (Å²) in [5.41, 5.74) is -0.438. The molecule has 5 heteroatoms. The predicted octanol–water partition coefficient (Wildman–Crippen LogP) is 2.04. The number of ether oxygens (including phenoxy) is 2. The molecule has 0 spiro atoms. The molecule has 6 atom stereocenters. The summed E-state index contributed by atoms with van der Waals surface area (Å²) >= 11 is 0. The van der Waals surface area contributed by atoms with E-state index in [4.69, 9.17) is 9.47 Å². The van der Waals surface area contributed by atoms with E-state index in [0.717, 1.165) is 6.42 Å². The molecule has 0 aromatic heterocycles. The first-order chi connectivity index (χ1) is 10.3. The van der Waals surface area contributed by atoms with Crippen molar-refractivity contribution in [3.8, 4) is 0 Å². The van der Waals surface area contributed by atoms with Crippen LogP contribution in [0.4, 0.5) is 0 Å². The summed E-state index contributed by atoms with van der Waals surface area (Å²) in [6, 6.07) is 0. The quantitative estimate of drug-likeness (QED) is 0.548. The maximum Gasteiger partial charge on any atom is 0.334 e. The third-order valence-electron chi connectivity index (χ3n) is 5.88. The van der Waals surface area contributed by atoms with E-state index in [2.05, 4.69) is 13.5 Å². The number of hydrogen-bond donors (Lipinski definition) is 0. The van der Waals surface area contributed by atoms with Crippen molar-refractivity contribution in [2.24, 2.45) is 23.2 Å². The summed E-state index contributed by atoms with van der Waals surface area (Å²) < 4.78 is 11.0. The van der Waals surface area contributed by atoms with Gasteiger partial charge < -0.3 is 9.47 Å². The topological polar surface area (TPSA) is 69.7 Å². The second kappa shape index (κ2) is 4.93. The van der Waals surface area contributed by atoms with Crippen LogP contribution in [-0.2, 0) is 23.9 Å². The lowest BCUT2D eigenvalue weighted by molar-refractivity contribution is -0.163. The fraction of sp³-hybridized carbons (Fsp3) is 0.706. The van der Waals surface area contributed by atoms with Gasteiger partial charge in [-0.15, -0.1) is 0 Å². The van der Waals surface area contributed by atoms with Gasteiger partial charge in [0.25, 0.3) is 0 Å². The van der Waals surface area contributed by atoms with E-state index in [9.17, 15) is 14.4 Å². The molecule has 0 N–H and O–H groups in total. The molecule has 1 heterocycles. The molecule has 0 aromatic rings. The van der Waals surface area contributed by atoms with Crippen molar-refractivity contribution in [1.29, 1.82) is 0 Å². The van der Waals surface area contributed by atoms with Gasteiger partial charge in [0, 0.05) is 18.9 Å². The standard InChI is InChI=1S/C17H22O5/c1-8-7-12-14(9(2)16(20)22-12)15(21-10(3)18)17(4)11(8)5-6-13(17)19/h8,11-12,14-15H,2,5-7H2,1,3-4H3/t8-,11+,12+,14+,15+,17+/m1/s1. The highest BCUT2D eigenvalue weighted by atomic mass is 16.6. The van der Waals surface area contributed by atoms with E-state index < -0.39 is 29.4 Å². The third kappa shape index (κ3) is 1.94. The SMILES string of the molecule is C=C1C(=O)O[C@H]2C[C@@H](C)[C@@H]3CCC(=O)[C@@]3(C)[C@@H](OC(C)=O)[C@@H]12. The highest BCUT2D eigenvalue weighted by Crippen LogP contribution is 2.56. The van der Waals surface area contributed by atoms with Crippen LogP contribution in [0.1, 0.15) is 40.0 Å². The number of esters is 2. The number of ketones is 1. The first-order valence-electron chi connectivity index (χ1n) is 7.87. The smallest absolute Gasteiger partial charge is 0.334 e. The fourth-order valence-electron chi connectivity index (χ4n) is 4.81. The first-order valence-corrected chi connectivity index (χ1v) is 7.87. The maximum atomic E-state index is 12.7. The van der Waals surface area contributed by atoms with Gasteiger partial charge in [-0.1, -0.05) is 13.5 Å². The molecule has 22 heavy (non-hydrogen) atoms. The number of carbonyl (C=O) groups is 3. The number of fused-ring (bicyclic) bond motifs is 2. The summed E-state index contributed by atoms with van der Waals surface area (Å²) in [5, 5.41) is 0. The fourth-order valence-corrected chi connectivity index (χ4v) is 4.81. The number of Topliss-reactive ketones (excluding diaryl/α,β-unsaturated/α-hetero) is 1. The highest BCUT2D eigenvalue weighted by Gasteiger charge is 2.63. The molecular formula is C17H22O5. The Bertz CT molecular complexity index is 565. The van der Waals surface area contributed by atoms with Crippen LogP contribution in [0.25, 0.3) is 0 Å². The molecule has 120 valence electrons. The van der Waals surface area contributed by atoms with Crippen LogP contribution < -0.4 is 0 Å². The van der Waals surface area contributed by atoms with Crippen molar-refractivity contribution in [3.05, 3.63) is 12.2 Å². The van der Waals surface area contributed by atoms with Crippen LogP contribution in [0.15, 0.2) is 12.2 Å². The lowest BCUT2D eigenvalue weighted by Crippen LogP contribution is -2.48. The third-order valence-corrected chi connectivity index (χ3v) is 5.88. The Kier molecular flexibility index (Phi) is 3.42. The Balaban J connectivity index is 2.11. The molecule has 0 bridgehead atoms. The van der Waals surface area contributed by atoms with E-state index in [0.29, 0.717) is 18.4 Å². The molecule has 3 aliphatic rings. The minimum absolute atomic E-state index is 0.114. The molecule has 2 saturated carbocycles. The minimum atomic E-state index is -0.762. The number of carbonyl (C=O) groups excluding carboxylic acids is 3. The Morgan fingerprint density at radius 3 is 2.73 bits per heavy atom. The van der Waals surface area contributed by atoms with Gasteiger partial charge >= 0.3 is 11.9 Å². The van der Waals surface area contributed by atoms with Crippen molar-refractivity contribution in [1.82, 2.24) is 0 Å². The van der Waals surface area contributed by atoms with Gasteiger partial charge in [0.1, 0.15) is 18.0 Å². The van der Waals surface area contributed by atoms with Crippen molar-refractivity contribution in [3.63, 3.8) is 0 Å². The van der Waals surface area contributed by atoms with Gasteiger partial charge in [0.05, 0.1) is 11.3 Å². The second-order valence-corrected chi connectivity index (χ2v) is 7.09. The van der Waals surface area contributed by atoms with Crippen molar-refractivity contribution < 1.29 is 23.9 Å². The van der Waals surface area contributed by atoms with E-state index in [1.807, 2.05) is 6.92 Å². The Hall–Kier alpha value is -1.65. The van der Waals surface area contributed by atoms with Crippen molar-refractivity contribution in [2.75, 3.05) is 0 Å². The predicted molar refractivity (Wildman–Crippen MR) is 77.7 cm³/mol. The summed E-state index contributed by atoms with van der Waals surface area (Å²) in [4.78, 5) is 36.2. The molecule has 0 radical (unpaired) electrons. The van der Waals surface area contributed by atoms with Crippen LogP contribution >= 0.6 is 0 Å². The highest BCUT2D eigenvalue weighted by molar-refractivity contribution is 5.93. The molecule has 1 saturated heterocycles. The molecular weight excluding hydrogens is 284 g/mol. The van der Waals surface area contributed by atoms with Crippen molar-refractivity contribution in [2.45, 2.75) is 52.2 Å². The zero-order valence-corrected chi connectivity index (χ0v) is 13.3. The van der Waals surface area contributed by atoms with E-state index >= 15 is 0 Å². The summed E-state index contributed by atoms with van der Waals surface area (Å²) in [7, 11) is 0. The summed E-state index contributed by atoms with van der Waals surface area (Å²) in [5.74, 6) is -0.819. The molecule has 5 nitrogen and oxygen atoms in total. The summed E-state index contributed by atoms with van der Waals surface area (Å²) in [6.07, 6.45) is 0.963. The second-order valence-electron chi connectivity index (χ2n) is 7.09. The first kappa shape index (κ1) is 15.3. The van der Waals surface area contributed by atoms with Gasteiger partial charge in [0.15, 0.2) is 0 Å². The van der Waals surface area contributed by atoms with Crippen LogP contribution in [0.5, 0.6) is 0 Å². The largest absolute Gasteiger partial charge is 0.461 e. The van der Waals surface area contributed by atoms with E-state index in [1.54, 1.807) is 0 Å².